The lowest BCUT2D eigenvalue weighted by molar-refractivity contribution is -0.134. The van der Waals surface area contributed by atoms with Gasteiger partial charge in [-0.15, -0.1) is 0 Å². The smallest absolute Gasteiger partial charge is 0.260 e. The number of ether oxygens (including phenoxy) is 1. The van der Waals surface area contributed by atoms with E-state index in [0.717, 1.165) is 36.2 Å². The molecule has 0 radical (unpaired) electrons. The zero-order valence-corrected chi connectivity index (χ0v) is 16.0. The van der Waals surface area contributed by atoms with Crippen LogP contribution in [0.2, 0.25) is 0 Å². The van der Waals surface area contributed by atoms with Crippen LogP contribution in [0.3, 0.4) is 0 Å². The molecule has 0 atom stereocenters. The summed E-state index contributed by atoms with van der Waals surface area (Å²) < 4.78 is 6.61. The monoisotopic (exact) mass is 412 g/mol. The minimum atomic E-state index is 0.0605. The second-order valence-corrected chi connectivity index (χ2v) is 7.60. The number of aromatic nitrogens is 1. The van der Waals surface area contributed by atoms with E-state index < -0.39 is 0 Å². The van der Waals surface area contributed by atoms with Crippen molar-refractivity contribution in [1.82, 2.24) is 9.88 Å². The molecule has 0 bridgehead atoms. The van der Waals surface area contributed by atoms with Gasteiger partial charge in [-0.05, 0) is 54.7 Å². The predicted octanol–water partition coefficient (Wildman–Crippen LogP) is 4.72. The fourth-order valence-electron chi connectivity index (χ4n) is 3.64. The van der Waals surface area contributed by atoms with Crippen molar-refractivity contribution in [3.63, 3.8) is 0 Å². The summed E-state index contributed by atoms with van der Waals surface area (Å²) in [5, 5.41) is 1.30. The molecule has 0 spiro atoms. The standard InChI is InChI=1S/C21H21BrN2O2/c22-16-5-7-17(8-6-16)26-14-21(25)24-11-9-15(10-12-24)19-13-23-20-4-2-1-3-18(19)20/h1-8,13,15,23H,9-12,14H2. The molecule has 5 heteroatoms. The SMILES string of the molecule is O=C(COc1ccc(Br)cc1)N1CCC(c2c[nH]c3ccccc23)CC1. The van der Waals surface area contributed by atoms with Gasteiger partial charge in [0.15, 0.2) is 6.61 Å². The minimum Gasteiger partial charge on any atom is -0.484 e. The van der Waals surface area contributed by atoms with Gasteiger partial charge in [-0.2, -0.15) is 0 Å². The minimum absolute atomic E-state index is 0.0605. The van der Waals surface area contributed by atoms with E-state index in [4.69, 9.17) is 4.74 Å². The van der Waals surface area contributed by atoms with E-state index in [9.17, 15) is 4.79 Å². The Hall–Kier alpha value is -2.27. The molecule has 2 heterocycles. The van der Waals surface area contributed by atoms with Gasteiger partial charge in [0.25, 0.3) is 5.91 Å². The van der Waals surface area contributed by atoms with Crippen molar-refractivity contribution >= 4 is 32.7 Å². The zero-order valence-electron chi connectivity index (χ0n) is 14.5. The van der Waals surface area contributed by atoms with Crippen LogP contribution in [-0.4, -0.2) is 35.5 Å². The average molecular weight is 413 g/mol. The van der Waals surface area contributed by atoms with Gasteiger partial charge >= 0.3 is 0 Å². The van der Waals surface area contributed by atoms with Crippen LogP contribution < -0.4 is 4.74 Å². The lowest BCUT2D eigenvalue weighted by atomic mass is 9.89. The largest absolute Gasteiger partial charge is 0.484 e. The molecule has 4 rings (SSSR count). The average Bonchev–Trinajstić information content (AvgIpc) is 3.11. The van der Waals surface area contributed by atoms with Gasteiger partial charge in [0.2, 0.25) is 0 Å². The number of aromatic amines is 1. The molecule has 3 aromatic rings. The molecule has 1 fully saturated rings. The van der Waals surface area contributed by atoms with Crippen LogP contribution in [0.15, 0.2) is 59.2 Å². The van der Waals surface area contributed by atoms with Crippen molar-refractivity contribution in [2.45, 2.75) is 18.8 Å². The molecule has 1 saturated heterocycles. The number of carbonyl (C=O) groups is 1. The summed E-state index contributed by atoms with van der Waals surface area (Å²) in [4.78, 5) is 17.7. The highest BCUT2D eigenvalue weighted by atomic mass is 79.9. The first-order chi connectivity index (χ1) is 12.7. The number of rotatable bonds is 4. The first-order valence-electron chi connectivity index (χ1n) is 8.93. The predicted molar refractivity (Wildman–Crippen MR) is 106 cm³/mol. The van der Waals surface area contributed by atoms with Gasteiger partial charge in [-0.25, -0.2) is 0 Å². The summed E-state index contributed by atoms with van der Waals surface area (Å²) in [6, 6.07) is 16.0. The summed E-state index contributed by atoms with van der Waals surface area (Å²) in [6.45, 7) is 1.67. The highest BCUT2D eigenvalue weighted by molar-refractivity contribution is 9.10. The van der Waals surface area contributed by atoms with E-state index >= 15 is 0 Å². The van der Waals surface area contributed by atoms with Crippen molar-refractivity contribution in [2.75, 3.05) is 19.7 Å². The number of piperidine rings is 1. The second kappa shape index (κ2) is 7.54. The topological polar surface area (TPSA) is 45.3 Å². The summed E-state index contributed by atoms with van der Waals surface area (Å²) in [5.41, 5.74) is 2.56. The third-order valence-electron chi connectivity index (χ3n) is 5.08. The molecule has 1 aliphatic heterocycles. The van der Waals surface area contributed by atoms with Crippen LogP contribution in [0, 0.1) is 0 Å². The van der Waals surface area contributed by atoms with E-state index in [1.54, 1.807) is 0 Å². The number of halogens is 1. The van der Waals surface area contributed by atoms with Gasteiger partial charge in [0, 0.05) is 34.7 Å². The number of benzene rings is 2. The number of hydrogen-bond donors (Lipinski definition) is 1. The van der Waals surface area contributed by atoms with Crippen molar-refractivity contribution in [1.29, 1.82) is 0 Å². The number of nitrogens with one attached hydrogen (secondary N) is 1. The first-order valence-corrected chi connectivity index (χ1v) is 9.72. The van der Waals surface area contributed by atoms with Crippen LogP contribution in [-0.2, 0) is 4.79 Å². The maximum Gasteiger partial charge on any atom is 0.260 e. The number of carbonyl (C=O) groups excluding carboxylic acids is 1. The van der Waals surface area contributed by atoms with Crippen LogP contribution in [0.4, 0.5) is 0 Å². The number of H-pyrrole nitrogens is 1. The van der Waals surface area contributed by atoms with Gasteiger partial charge in [-0.1, -0.05) is 34.1 Å². The Morgan fingerprint density at radius 1 is 1.12 bits per heavy atom. The van der Waals surface area contributed by atoms with Gasteiger partial charge in [0.05, 0.1) is 0 Å². The van der Waals surface area contributed by atoms with E-state index in [2.05, 4.69) is 51.4 Å². The van der Waals surface area contributed by atoms with Crippen molar-refractivity contribution in [3.05, 3.63) is 64.8 Å². The molecule has 134 valence electrons. The van der Waals surface area contributed by atoms with Crippen molar-refractivity contribution in [2.24, 2.45) is 0 Å². The van der Waals surface area contributed by atoms with Gasteiger partial charge in [0.1, 0.15) is 5.75 Å². The second-order valence-electron chi connectivity index (χ2n) is 6.69. The quantitative estimate of drug-likeness (QED) is 0.673. The molecule has 1 amide bonds. The third kappa shape index (κ3) is 3.63. The maximum atomic E-state index is 12.4. The zero-order chi connectivity index (χ0) is 17.9. The van der Waals surface area contributed by atoms with Crippen molar-refractivity contribution in [3.8, 4) is 5.75 Å². The highest BCUT2D eigenvalue weighted by Gasteiger charge is 2.25. The van der Waals surface area contributed by atoms with Crippen LogP contribution in [0.5, 0.6) is 5.75 Å². The van der Waals surface area contributed by atoms with E-state index in [-0.39, 0.29) is 12.5 Å². The molecule has 0 saturated carbocycles. The summed E-state index contributed by atoms with van der Waals surface area (Å²) in [6.07, 6.45) is 4.11. The Kier molecular flexibility index (Phi) is 4.98. The Morgan fingerprint density at radius 3 is 2.62 bits per heavy atom. The normalized spacial score (nSPS) is 15.3. The highest BCUT2D eigenvalue weighted by Crippen LogP contribution is 2.33. The van der Waals surface area contributed by atoms with E-state index in [0.29, 0.717) is 5.92 Å². The number of para-hydroxylation sites is 1. The molecule has 2 aromatic carbocycles. The molecule has 0 unspecified atom stereocenters. The first kappa shape index (κ1) is 17.2. The fraction of sp³-hybridized carbons (Fsp3) is 0.286. The number of fused-ring (bicyclic) bond motifs is 1. The van der Waals surface area contributed by atoms with Crippen molar-refractivity contribution < 1.29 is 9.53 Å². The molecular weight excluding hydrogens is 392 g/mol. The van der Waals surface area contributed by atoms with Crippen LogP contribution in [0.25, 0.3) is 10.9 Å². The summed E-state index contributed by atoms with van der Waals surface area (Å²) in [5.74, 6) is 1.28. The molecule has 1 aliphatic rings. The van der Waals surface area contributed by atoms with Crippen LogP contribution in [0.1, 0.15) is 24.3 Å². The Morgan fingerprint density at radius 2 is 1.85 bits per heavy atom. The fourth-order valence-corrected chi connectivity index (χ4v) is 3.90. The summed E-state index contributed by atoms with van der Waals surface area (Å²) in [7, 11) is 0. The van der Waals surface area contributed by atoms with Gasteiger partial charge < -0.3 is 14.6 Å². The maximum absolute atomic E-state index is 12.4. The number of likely N-dealkylation sites (tertiary alicyclic amines) is 1. The number of amides is 1. The Balaban J connectivity index is 1.33. The third-order valence-corrected chi connectivity index (χ3v) is 5.61. The molecule has 1 aromatic heterocycles. The molecule has 26 heavy (non-hydrogen) atoms. The van der Waals surface area contributed by atoms with E-state index in [1.165, 1.54) is 16.5 Å². The lowest BCUT2D eigenvalue weighted by Gasteiger charge is -2.32. The Bertz CT molecular complexity index is 896. The van der Waals surface area contributed by atoms with E-state index in [1.807, 2.05) is 29.2 Å². The number of hydrogen-bond acceptors (Lipinski definition) is 2. The summed E-state index contributed by atoms with van der Waals surface area (Å²) >= 11 is 3.39. The lowest BCUT2D eigenvalue weighted by Crippen LogP contribution is -2.40. The van der Waals surface area contributed by atoms with Gasteiger partial charge in [-0.3, -0.25) is 4.79 Å². The molecule has 4 nitrogen and oxygen atoms in total. The molecule has 0 aliphatic carbocycles. The van der Waals surface area contributed by atoms with Crippen LogP contribution >= 0.6 is 15.9 Å². The Labute approximate surface area is 161 Å². The number of nitrogens with zero attached hydrogens (tertiary/aromatic N) is 1. The molecular formula is C21H21BrN2O2. The molecule has 1 N–H and O–H groups in total.